The molecule has 0 atom stereocenters. The Morgan fingerprint density at radius 3 is 1.98 bits per heavy atom. The lowest BCUT2D eigenvalue weighted by Crippen LogP contribution is -2.30. The van der Waals surface area contributed by atoms with Crippen molar-refractivity contribution in [2.45, 2.75) is 32.1 Å². The van der Waals surface area contributed by atoms with E-state index in [2.05, 4.69) is 181 Å². The Balaban J connectivity index is 1.13. The predicted octanol–water partition coefficient (Wildman–Crippen LogP) is 10.4. The van der Waals surface area contributed by atoms with Crippen molar-refractivity contribution in [3.63, 3.8) is 0 Å². The van der Waals surface area contributed by atoms with Gasteiger partial charge in [0.2, 0.25) is 0 Å². The summed E-state index contributed by atoms with van der Waals surface area (Å²) >= 11 is 0. The number of hydrogen-bond acceptors (Lipinski definition) is 1. The van der Waals surface area contributed by atoms with Crippen LogP contribution in [0.15, 0.2) is 146 Å². The van der Waals surface area contributed by atoms with Gasteiger partial charge in [-0.1, -0.05) is 111 Å². The van der Waals surface area contributed by atoms with Crippen molar-refractivity contribution >= 4 is 40.1 Å². The highest BCUT2D eigenvalue weighted by Crippen LogP contribution is 2.50. The number of para-hydroxylation sites is 2. The highest BCUT2D eigenvalue weighted by molar-refractivity contribution is 5.90. The minimum absolute atomic E-state index is 0.0549. The summed E-state index contributed by atoms with van der Waals surface area (Å²) in [5.74, 6) is 0. The lowest BCUT2D eigenvalue weighted by atomic mass is 9.82. The Morgan fingerprint density at radius 1 is 0.532 bits per heavy atom. The van der Waals surface area contributed by atoms with Crippen LogP contribution in [0.5, 0.6) is 0 Å². The summed E-state index contributed by atoms with van der Waals surface area (Å²) in [7, 11) is 0. The highest BCUT2D eigenvalue weighted by atomic mass is 15.1. The van der Waals surface area contributed by atoms with Crippen molar-refractivity contribution in [3.8, 4) is 27.9 Å². The van der Waals surface area contributed by atoms with Crippen molar-refractivity contribution in [3.05, 3.63) is 167 Å². The van der Waals surface area contributed by atoms with Crippen molar-refractivity contribution in [2.75, 3.05) is 4.90 Å². The number of rotatable bonds is 5. The van der Waals surface area contributed by atoms with E-state index in [1.807, 2.05) is 0 Å². The monoisotopic (exact) mass is 604 g/mol. The van der Waals surface area contributed by atoms with Crippen LogP contribution in [0.3, 0.4) is 0 Å². The van der Waals surface area contributed by atoms with Crippen molar-refractivity contribution < 1.29 is 0 Å². The van der Waals surface area contributed by atoms with E-state index < -0.39 is 0 Å². The van der Waals surface area contributed by atoms with E-state index in [9.17, 15) is 0 Å². The lowest BCUT2D eigenvalue weighted by Gasteiger charge is -2.28. The zero-order valence-corrected chi connectivity index (χ0v) is 26.8. The van der Waals surface area contributed by atoms with Gasteiger partial charge in [0.1, 0.15) is 0 Å². The fourth-order valence-corrected chi connectivity index (χ4v) is 7.89. The molecule has 0 bridgehead atoms. The Hall–Kier alpha value is -5.60. The molecule has 9 rings (SSSR count). The standard InChI is InChI=1S/C45H36N2/c1-45(2)41-19-11-9-17-37(41)38-27-26-36(30-42(38)45)46(33-13-5-3-6-14-33)35-24-21-31(22-25-35)32-23-28-44-40(29-32)39-18-10-12-20-43(39)47(44)34-15-7-4-8-16-34/h3-9,11,13-30H,10,12H2,1-2H3. The molecule has 0 unspecified atom stereocenters. The van der Waals surface area contributed by atoms with Crippen LogP contribution in [0.4, 0.5) is 17.1 Å². The average Bonchev–Trinajstić information content (AvgIpc) is 3.58. The number of fused-ring (bicyclic) bond motifs is 6. The maximum absolute atomic E-state index is 2.42. The van der Waals surface area contributed by atoms with E-state index in [-0.39, 0.29) is 5.41 Å². The molecule has 0 saturated carbocycles. The second-order valence-electron chi connectivity index (χ2n) is 13.3. The Labute approximate surface area is 276 Å². The summed E-state index contributed by atoms with van der Waals surface area (Å²) in [5.41, 5.74) is 13.8. The molecule has 1 aromatic heterocycles. The number of aromatic nitrogens is 1. The van der Waals surface area contributed by atoms with Gasteiger partial charge in [0.05, 0.1) is 5.52 Å². The third-order valence-corrected chi connectivity index (χ3v) is 10.2. The number of anilines is 3. The molecule has 0 N–H and O–H groups in total. The molecule has 2 aliphatic carbocycles. The van der Waals surface area contributed by atoms with Crippen LogP contribution in [0.2, 0.25) is 0 Å². The maximum Gasteiger partial charge on any atom is 0.0541 e. The summed E-state index contributed by atoms with van der Waals surface area (Å²) in [6, 6.07) is 53.3. The normalized spacial score (nSPS) is 14.1. The van der Waals surface area contributed by atoms with Crippen LogP contribution < -0.4 is 15.5 Å². The Bertz CT molecular complexity index is 2410. The highest BCUT2D eigenvalue weighted by Gasteiger charge is 2.35. The molecule has 1 heterocycles. The number of nitrogens with zero attached hydrogens (tertiary/aromatic N) is 2. The molecular formula is C45H36N2. The van der Waals surface area contributed by atoms with E-state index in [1.54, 1.807) is 0 Å². The SMILES string of the molecule is CC1(C)c2ccccc2-c2ccc(N(c3ccccc3)c3ccc(-c4ccc5c(c4)c4c(n5-c5ccccc5)=CCCC=4)cc3)cc21. The summed E-state index contributed by atoms with van der Waals surface area (Å²) in [6.45, 7) is 4.70. The molecule has 7 aromatic rings. The van der Waals surface area contributed by atoms with Gasteiger partial charge in [-0.3, -0.25) is 0 Å². The molecule has 0 aliphatic heterocycles. The van der Waals surface area contributed by atoms with Gasteiger partial charge in [-0.2, -0.15) is 0 Å². The number of hydrogen-bond donors (Lipinski definition) is 0. The van der Waals surface area contributed by atoms with E-state index in [1.165, 1.54) is 66.2 Å². The van der Waals surface area contributed by atoms with Crippen molar-refractivity contribution in [1.82, 2.24) is 4.57 Å². The zero-order valence-electron chi connectivity index (χ0n) is 26.8. The summed E-state index contributed by atoms with van der Waals surface area (Å²) < 4.78 is 2.42. The minimum Gasteiger partial charge on any atom is -0.310 e. The van der Waals surface area contributed by atoms with Gasteiger partial charge in [0.15, 0.2) is 0 Å². The molecule has 0 spiro atoms. The van der Waals surface area contributed by atoms with Crippen LogP contribution in [0, 0.1) is 0 Å². The van der Waals surface area contributed by atoms with E-state index in [4.69, 9.17) is 0 Å². The van der Waals surface area contributed by atoms with Crippen molar-refractivity contribution in [1.29, 1.82) is 0 Å². The zero-order chi connectivity index (χ0) is 31.5. The van der Waals surface area contributed by atoms with E-state index in [0.29, 0.717) is 0 Å². The average molecular weight is 605 g/mol. The molecule has 2 heteroatoms. The molecule has 6 aromatic carbocycles. The molecule has 2 nitrogen and oxygen atoms in total. The third-order valence-electron chi connectivity index (χ3n) is 10.2. The van der Waals surface area contributed by atoms with E-state index in [0.717, 1.165) is 24.2 Å². The molecule has 226 valence electrons. The quantitative estimate of drug-likeness (QED) is 0.190. The Kier molecular flexibility index (Phi) is 6.33. The third kappa shape index (κ3) is 4.40. The van der Waals surface area contributed by atoms with Crippen LogP contribution in [0.25, 0.3) is 51.0 Å². The maximum atomic E-state index is 2.42. The van der Waals surface area contributed by atoms with Crippen LogP contribution >= 0.6 is 0 Å². The molecule has 0 fully saturated rings. The second-order valence-corrected chi connectivity index (χ2v) is 13.3. The van der Waals surface area contributed by atoms with E-state index >= 15 is 0 Å². The van der Waals surface area contributed by atoms with Gasteiger partial charge in [-0.25, -0.2) is 0 Å². The van der Waals surface area contributed by atoms with Crippen LogP contribution in [0.1, 0.15) is 37.8 Å². The predicted molar refractivity (Wildman–Crippen MR) is 198 cm³/mol. The smallest absolute Gasteiger partial charge is 0.0541 e. The largest absolute Gasteiger partial charge is 0.310 e. The minimum atomic E-state index is -0.0549. The van der Waals surface area contributed by atoms with Gasteiger partial charge < -0.3 is 9.47 Å². The fourth-order valence-electron chi connectivity index (χ4n) is 7.89. The number of benzene rings is 6. The lowest BCUT2D eigenvalue weighted by molar-refractivity contribution is 0.660. The molecule has 2 aliphatic rings. The van der Waals surface area contributed by atoms with Crippen LogP contribution in [-0.4, -0.2) is 4.57 Å². The molecular weight excluding hydrogens is 569 g/mol. The van der Waals surface area contributed by atoms with Gasteiger partial charge in [0, 0.05) is 44.1 Å². The first-order chi connectivity index (χ1) is 23.1. The first-order valence-corrected chi connectivity index (χ1v) is 16.7. The molecule has 0 amide bonds. The van der Waals surface area contributed by atoms with Crippen LogP contribution in [-0.2, 0) is 5.41 Å². The Morgan fingerprint density at radius 2 is 1.17 bits per heavy atom. The molecule has 0 radical (unpaired) electrons. The van der Waals surface area contributed by atoms with Crippen molar-refractivity contribution in [2.24, 2.45) is 0 Å². The fraction of sp³-hybridized carbons (Fsp3) is 0.111. The summed E-state index contributed by atoms with van der Waals surface area (Å²) in [6.07, 6.45) is 6.98. The second kappa shape index (κ2) is 10.7. The van der Waals surface area contributed by atoms with Gasteiger partial charge >= 0.3 is 0 Å². The summed E-state index contributed by atoms with van der Waals surface area (Å²) in [5, 5.41) is 3.98. The van der Waals surface area contributed by atoms with Gasteiger partial charge in [-0.15, -0.1) is 0 Å². The molecule has 47 heavy (non-hydrogen) atoms. The first-order valence-electron chi connectivity index (χ1n) is 16.7. The topological polar surface area (TPSA) is 8.17 Å². The summed E-state index contributed by atoms with van der Waals surface area (Å²) in [4.78, 5) is 2.38. The van der Waals surface area contributed by atoms with Gasteiger partial charge in [-0.05, 0) is 107 Å². The van der Waals surface area contributed by atoms with Gasteiger partial charge in [0.25, 0.3) is 0 Å². The first kappa shape index (κ1) is 27.7. The molecule has 0 saturated heterocycles.